The monoisotopic (exact) mass is 218 g/mol. The maximum atomic E-state index is 11.2. The van der Waals surface area contributed by atoms with Crippen LogP contribution in [0.2, 0.25) is 0 Å². The van der Waals surface area contributed by atoms with Crippen molar-refractivity contribution in [2.45, 2.75) is 26.3 Å². The second-order valence-electron chi connectivity index (χ2n) is 3.65. The first kappa shape index (κ1) is 13.7. The van der Waals surface area contributed by atoms with Crippen LogP contribution in [-0.4, -0.2) is 41.4 Å². The van der Waals surface area contributed by atoms with E-state index in [1.165, 1.54) is 0 Å². The Morgan fingerprint density at radius 3 is 2.33 bits per heavy atom. The Morgan fingerprint density at radius 2 is 1.93 bits per heavy atom. The summed E-state index contributed by atoms with van der Waals surface area (Å²) < 4.78 is 0. The van der Waals surface area contributed by atoms with Gasteiger partial charge in [-0.1, -0.05) is 13.8 Å². The fourth-order valence-electron chi connectivity index (χ4n) is 0.893. The van der Waals surface area contributed by atoms with Crippen LogP contribution in [0, 0.1) is 5.92 Å². The maximum absolute atomic E-state index is 11.2. The largest absolute Gasteiger partial charge is 0.480 e. The normalized spacial score (nSPS) is 12.3. The van der Waals surface area contributed by atoms with E-state index in [1.54, 1.807) is 0 Å². The van der Waals surface area contributed by atoms with Crippen LogP contribution < -0.4 is 10.6 Å². The summed E-state index contributed by atoms with van der Waals surface area (Å²) in [6, 6.07) is -1.56. The lowest BCUT2D eigenvalue weighted by molar-refractivity contribution is -0.139. The highest BCUT2D eigenvalue weighted by Gasteiger charge is 2.18. The van der Waals surface area contributed by atoms with E-state index in [4.69, 9.17) is 10.2 Å². The Hall–Kier alpha value is -1.30. The number of carboxylic acids is 1. The van der Waals surface area contributed by atoms with Crippen molar-refractivity contribution >= 4 is 12.0 Å². The number of carbonyl (C=O) groups is 2. The van der Waals surface area contributed by atoms with Crippen molar-refractivity contribution in [3.8, 4) is 0 Å². The molecule has 0 heterocycles. The zero-order valence-electron chi connectivity index (χ0n) is 8.99. The molecule has 4 N–H and O–H groups in total. The number of urea groups is 1. The van der Waals surface area contributed by atoms with Gasteiger partial charge >= 0.3 is 12.0 Å². The minimum Gasteiger partial charge on any atom is -0.480 e. The molecule has 0 aromatic rings. The minimum atomic E-state index is -1.15. The number of rotatable bonds is 6. The molecule has 15 heavy (non-hydrogen) atoms. The Labute approximate surface area is 88.7 Å². The fourth-order valence-corrected chi connectivity index (χ4v) is 0.893. The molecule has 0 rings (SSSR count). The molecule has 0 aliphatic heterocycles. The van der Waals surface area contributed by atoms with Crippen molar-refractivity contribution in [1.29, 1.82) is 0 Å². The van der Waals surface area contributed by atoms with Crippen molar-refractivity contribution in [2.75, 3.05) is 13.2 Å². The van der Waals surface area contributed by atoms with Crippen molar-refractivity contribution in [2.24, 2.45) is 5.92 Å². The lowest BCUT2D eigenvalue weighted by Gasteiger charge is -2.14. The van der Waals surface area contributed by atoms with Crippen LogP contribution in [-0.2, 0) is 4.79 Å². The molecule has 0 aliphatic rings. The predicted octanol–water partition coefficient (Wildman–Crippen LogP) is -0.223. The highest BCUT2D eigenvalue weighted by atomic mass is 16.4. The van der Waals surface area contributed by atoms with E-state index in [1.807, 2.05) is 13.8 Å². The molecule has 0 spiro atoms. The zero-order valence-corrected chi connectivity index (χ0v) is 8.99. The molecule has 1 atom stereocenters. The summed E-state index contributed by atoms with van der Waals surface area (Å²) >= 11 is 0. The molecule has 0 aromatic carbocycles. The summed E-state index contributed by atoms with van der Waals surface area (Å²) in [6.45, 7) is 4.07. The van der Waals surface area contributed by atoms with Crippen LogP contribution in [0.5, 0.6) is 0 Å². The molecule has 0 radical (unpaired) electrons. The van der Waals surface area contributed by atoms with Crippen LogP contribution in [0.15, 0.2) is 0 Å². The number of amides is 2. The van der Waals surface area contributed by atoms with E-state index in [9.17, 15) is 9.59 Å². The highest BCUT2D eigenvalue weighted by Crippen LogP contribution is 1.92. The van der Waals surface area contributed by atoms with Gasteiger partial charge in [0.15, 0.2) is 0 Å². The van der Waals surface area contributed by atoms with E-state index in [2.05, 4.69) is 10.6 Å². The van der Waals surface area contributed by atoms with Crippen molar-refractivity contribution < 1.29 is 19.8 Å². The first-order valence-electron chi connectivity index (χ1n) is 4.85. The molecular formula is C9H18N2O4. The summed E-state index contributed by atoms with van der Waals surface area (Å²) in [5.41, 5.74) is 0. The Morgan fingerprint density at radius 1 is 1.33 bits per heavy atom. The number of aliphatic hydroxyl groups is 1. The van der Waals surface area contributed by atoms with Crippen LogP contribution in [0.3, 0.4) is 0 Å². The molecule has 88 valence electrons. The van der Waals surface area contributed by atoms with Gasteiger partial charge in [-0.05, 0) is 5.92 Å². The van der Waals surface area contributed by atoms with Gasteiger partial charge < -0.3 is 20.8 Å². The van der Waals surface area contributed by atoms with Crippen LogP contribution in [0.4, 0.5) is 4.79 Å². The van der Waals surface area contributed by atoms with E-state index in [0.717, 1.165) is 0 Å². The first-order valence-corrected chi connectivity index (χ1v) is 4.85. The lowest BCUT2D eigenvalue weighted by atomic mass is 10.2. The van der Waals surface area contributed by atoms with E-state index in [-0.39, 0.29) is 13.0 Å². The Bertz CT molecular complexity index is 218. The number of carboxylic acid groups (broad SMARTS) is 1. The number of aliphatic carboxylic acids is 1. The molecule has 0 saturated carbocycles. The van der Waals surface area contributed by atoms with Gasteiger partial charge in [0.2, 0.25) is 0 Å². The standard InChI is InChI=1S/C9H18N2O4/c1-6(2)5-10-9(15)11-7(3-4-12)8(13)14/h6-7,12H,3-5H2,1-2H3,(H,13,14)(H2,10,11,15). The van der Waals surface area contributed by atoms with Crippen LogP contribution in [0.1, 0.15) is 20.3 Å². The van der Waals surface area contributed by atoms with Gasteiger partial charge in [0.05, 0.1) is 0 Å². The van der Waals surface area contributed by atoms with E-state index in [0.29, 0.717) is 12.5 Å². The molecular weight excluding hydrogens is 200 g/mol. The van der Waals surface area contributed by atoms with Gasteiger partial charge in [-0.2, -0.15) is 0 Å². The van der Waals surface area contributed by atoms with Gasteiger partial charge in [0, 0.05) is 19.6 Å². The zero-order chi connectivity index (χ0) is 11.8. The third-order valence-electron chi connectivity index (χ3n) is 1.69. The summed E-state index contributed by atoms with van der Waals surface area (Å²) in [5, 5.41) is 22.1. The molecule has 0 aromatic heterocycles. The third-order valence-corrected chi connectivity index (χ3v) is 1.69. The first-order chi connectivity index (χ1) is 6.97. The Balaban J connectivity index is 3.94. The third kappa shape index (κ3) is 6.73. The lowest BCUT2D eigenvalue weighted by Crippen LogP contribution is -2.47. The molecule has 6 nitrogen and oxygen atoms in total. The fraction of sp³-hybridized carbons (Fsp3) is 0.778. The molecule has 1 unspecified atom stereocenters. The van der Waals surface area contributed by atoms with E-state index >= 15 is 0 Å². The average Bonchev–Trinajstić information content (AvgIpc) is 2.14. The second kappa shape index (κ2) is 7.05. The quantitative estimate of drug-likeness (QED) is 0.495. The minimum absolute atomic E-state index is 0.00440. The van der Waals surface area contributed by atoms with Gasteiger partial charge in [0.25, 0.3) is 0 Å². The molecule has 0 fully saturated rings. The van der Waals surface area contributed by atoms with Crippen LogP contribution >= 0.6 is 0 Å². The van der Waals surface area contributed by atoms with E-state index < -0.39 is 18.0 Å². The SMILES string of the molecule is CC(C)CNC(=O)NC(CCO)C(=O)O. The van der Waals surface area contributed by atoms with Crippen molar-refractivity contribution in [1.82, 2.24) is 10.6 Å². The summed E-state index contributed by atoms with van der Waals surface area (Å²) in [6.07, 6.45) is 0.00440. The number of carbonyl (C=O) groups excluding carboxylic acids is 1. The van der Waals surface area contributed by atoms with Crippen molar-refractivity contribution in [3.63, 3.8) is 0 Å². The molecule has 6 heteroatoms. The number of hydrogen-bond acceptors (Lipinski definition) is 3. The number of hydrogen-bond donors (Lipinski definition) is 4. The predicted molar refractivity (Wildman–Crippen MR) is 54.5 cm³/mol. The number of aliphatic hydroxyl groups excluding tert-OH is 1. The van der Waals surface area contributed by atoms with Gasteiger partial charge in [-0.15, -0.1) is 0 Å². The van der Waals surface area contributed by atoms with Gasteiger partial charge in [-0.3, -0.25) is 0 Å². The molecule has 0 saturated heterocycles. The smallest absolute Gasteiger partial charge is 0.326 e. The Kier molecular flexibility index (Phi) is 6.44. The second-order valence-corrected chi connectivity index (χ2v) is 3.65. The van der Waals surface area contributed by atoms with Crippen LogP contribution in [0.25, 0.3) is 0 Å². The summed E-state index contributed by atoms with van der Waals surface area (Å²) in [5.74, 6) is -0.847. The summed E-state index contributed by atoms with van der Waals surface area (Å²) in [7, 11) is 0. The topological polar surface area (TPSA) is 98.7 Å². The average molecular weight is 218 g/mol. The van der Waals surface area contributed by atoms with Gasteiger partial charge in [0.1, 0.15) is 6.04 Å². The number of nitrogens with one attached hydrogen (secondary N) is 2. The molecule has 2 amide bonds. The highest BCUT2D eigenvalue weighted by molar-refractivity contribution is 5.82. The molecule has 0 aliphatic carbocycles. The van der Waals surface area contributed by atoms with Crippen molar-refractivity contribution in [3.05, 3.63) is 0 Å². The molecule has 0 bridgehead atoms. The maximum Gasteiger partial charge on any atom is 0.326 e. The summed E-state index contributed by atoms with van der Waals surface area (Å²) in [4.78, 5) is 21.8. The van der Waals surface area contributed by atoms with Gasteiger partial charge in [-0.25, -0.2) is 9.59 Å².